The predicted molar refractivity (Wildman–Crippen MR) is 124 cm³/mol. The molecule has 192 valence electrons. The summed E-state index contributed by atoms with van der Waals surface area (Å²) in [4.78, 5) is 36.3. The van der Waals surface area contributed by atoms with E-state index in [0.717, 1.165) is 27.0 Å². The number of halogens is 2. The molecule has 9 nitrogen and oxygen atoms in total. The van der Waals surface area contributed by atoms with Crippen LogP contribution in [0.3, 0.4) is 0 Å². The number of nitrogens with zero attached hydrogens (tertiary/aromatic N) is 2. The van der Waals surface area contributed by atoms with Crippen molar-refractivity contribution in [2.45, 2.75) is 33.1 Å². The largest absolute Gasteiger partial charge is 1.00 e. The molecule has 3 aromatic carbocycles. The molecule has 0 radical (unpaired) electrons. The van der Waals surface area contributed by atoms with Gasteiger partial charge in [-0.25, -0.2) is 4.79 Å². The van der Waals surface area contributed by atoms with E-state index in [1.165, 1.54) is 12.1 Å². The minimum atomic E-state index is -4.44. The van der Waals surface area contributed by atoms with Gasteiger partial charge in [-0.1, -0.05) is 36.4 Å². The Bertz CT molecular complexity index is 1560. The molecule has 0 aliphatic rings. The molecule has 0 N–H and O–H groups in total. The maximum Gasteiger partial charge on any atom is 1.00 e. The van der Waals surface area contributed by atoms with E-state index in [1.807, 2.05) is 25.1 Å². The second-order valence-electron chi connectivity index (χ2n) is 8.19. The number of benzene rings is 3. The number of carbonyl (C=O) groups is 1. The van der Waals surface area contributed by atoms with E-state index in [2.05, 4.69) is 9.72 Å². The van der Waals surface area contributed by atoms with Crippen LogP contribution in [-0.4, -0.2) is 16.8 Å². The van der Waals surface area contributed by atoms with Crippen molar-refractivity contribution in [2.24, 2.45) is 0 Å². The van der Waals surface area contributed by atoms with Crippen LogP contribution in [-0.2, 0) is 17.9 Å². The van der Waals surface area contributed by atoms with Crippen molar-refractivity contribution in [3.8, 4) is 22.6 Å². The predicted octanol–water partition coefficient (Wildman–Crippen LogP) is -3.60. The Balaban J connectivity index is 0.00000267. The number of aromatic nitrogens is 2. The van der Waals surface area contributed by atoms with Gasteiger partial charge < -0.3 is 28.9 Å². The molecule has 39 heavy (non-hydrogen) atoms. The number of hydrogen-bond acceptors (Lipinski definition) is 7. The molecule has 0 saturated carbocycles. The zero-order valence-electron chi connectivity index (χ0n) is 21.7. The van der Waals surface area contributed by atoms with E-state index in [9.17, 15) is 28.3 Å². The van der Waals surface area contributed by atoms with Crippen molar-refractivity contribution in [3.63, 3.8) is 0 Å². The molecule has 0 bridgehead atoms. The molecule has 0 amide bonds. The van der Waals surface area contributed by atoms with E-state index in [4.69, 9.17) is 9.26 Å². The SMILES string of the molecule is Cc1cc(OC(F)(F)C(=O)[O-])ccc1-c1cccc(COc2ccc(Cn3oc(=O)[n-]c3=O)cc2)c1C.[Na+].[Na+]. The zero-order chi connectivity index (χ0) is 26.7. The summed E-state index contributed by atoms with van der Waals surface area (Å²) < 4.78 is 42.4. The first-order chi connectivity index (χ1) is 17.5. The summed E-state index contributed by atoms with van der Waals surface area (Å²) >= 11 is 0. The molecular weight excluding hydrogens is 536 g/mol. The first-order valence-electron chi connectivity index (χ1n) is 11.0. The average molecular weight is 556 g/mol. The molecular formula is C26H20F2N2Na2O7. The third-order valence-electron chi connectivity index (χ3n) is 5.65. The summed E-state index contributed by atoms with van der Waals surface area (Å²) in [7, 11) is 0. The van der Waals surface area contributed by atoms with E-state index in [0.29, 0.717) is 16.9 Å². The Morgan fingerprint density at radius 3 is 2.26 bits per heavy atom. The van der Waals surface area contributed by atoms with Gasteiger partial charge in [0.15, 0.2) is 11.7 Å². The van der Waals surface area contributed by atoms with E-state index in [1.54, 1.807) is 37.3 Å². The molecule has 0 aliphatic carbocycles. The second kappa shape index (κ2) is 13.6. The van der Waals surface area contributed by atoms with E-state index in [-0.39, 0.29) is 78.0 Å². The van der Waals surface area contributed by atoms with Crippen LogP contribution in [0.2, 0.25) is 0 Å². The van der Waals surface area contributed by atoms with E-state index < -0.39 is 23.5 Å². The topological polar surface area (TPSA) is 125 Å². The van der Waals surface area contributed by atoms with Crippen molar-refractivity contribution in [2.75, 3.05) is 0 Å². The molecule has 13 heteroatoms. The second-order valence-corrected chi connectivity index (χ2v) is 8.19. The summed E-state index contributed by atoms with van der Waals surface area (Å²) in [6, 6.07) is 16.7. The average Bonchev–Trinajstić information content (AvgIpc) is 3.15. The summed E-state index contributed by atoms with van der Waals surface area (Å²) in [5, 5.41) is 10.5. The molecule has 0 saturated heterocycles. The number of ether oxygens (including phenoxy) is 2. The van der Waals surface area contributed by atoms with Crippen LogP contribution < -0.4 is 90.1 Å². The van der Waals surface area contributed by atoms with Gasteiger partial charge in [0.1, 0.15) is 18.1 Å². The summed E-state index contributed by atoms with van der Waals surface area (Å²) in [5.74, 6) is -3.28. The smallest absolute Gasteiger partial charge is 0.541 e. The fraction of sp³-hybridized carbons (Fsp3) is 0.192. The minimum absolute atomic E-state index is 0. The molecule has 4 rings (SSSR count). The van der Waals surface area contributed by atoms with Crippen molar-refractivity contribution < 1.29 is 91.8 Å². The Morgan fingerprint density at radius 2 is 1.67 bits per heavy atom. The number of aryl methyl sites for hydroxylation is 1. The third kappa shape index (κ3) is 7.93. The van der Waals surface area contributed by atoms with Crippen LogP contribution in [0.4, 0.5) is 8.78 Å². The number of hydrogen-bond donors (Lipinski definition) is 0. The Hall–Kier alpha value is -2.67. The van der Waals surface area contributed by atoms with Crippen LogP contribution in [0.15, 0.2) is 74.8 Å². The Kier molecular flexibility index (Phi) is 11.3. The quantitative estimate of drug-likeness (QED) is 0.194. The van der Waals surface area contributed by atoms with Crippen molar-refractivity contribution in [1.82, 2.24) is 9.72 Å². The summed E-state index contributed by atoms with van der Waals surface area (Å²) in [6.07, 6.45) is -4.44. The molecule has 0 spiro atoms. The molecule has 1 aromatic heterocycles. The summed E-state index contributed by atoms with van der Waals surface area (Å²) in [6.45, 7) is 3.92. The first-order valence-corrected chi connectivity index (χ1v) is 11.0. The van der Waals surface area contributed by atoms with Crippen molar-refractivity contribution in [1.29, 1.82) is 0 Å². The maximum atomic E-state index is 13.3. The fourth-order valence-corrected chi connectivity index (χ4v) is 3.73. The molecule has 0 unspecified atom stereocenters. The van der Waals surface area contributed by atoms with Gasteiger partial charge in [-0.15, -0.1) is 0 Å². The standard InChI is InChI=1S/C26H22F2N2O7.2Na/c1-15-12-20(36-26(27,28)23(31)32)10-11-21(15)22-5-3-4-18(16(22)2)14-35-19-8-6-17(7-9-19)13-30-24(33)29-25(34)37-30;;/h3-12H,13-14H2,1-2H3,(H2,29,31,32,33,34);;/q;2*+1/p-2. The monoisotopic (exact) mass is 556 g/mol. The maximum absolute atomic E-state index is 13.3. The number of carboxylic acids is 1. The van der Waals surface area contributed by atoms with Gasteiger partial charge in [-0.05, 0) is 71.5 Å². The van der Waals surface area contributed by atoms with E-state index >= 15 is 0 Å². The number of carbonyl (C=O) groups excluding carboxylic acids is 1. The fourth-order valence-electron chi connectivity index (χ4n) is 3.73. The normalized spacial score (nSPS) is 10.8. The van der Waals surface area contributed by atoms with Crippen LogP contribution in [0.1, 0.15) is 22.3 Å². The van der Waals surface area contributed by atoms with Crippen LogP contribution in [0.25, 0.3) is 11.1 Å². The first kappa shape index (κ1) is 32.5. The van der Waals surface area contributed by atoms with Gasteiger partial charge in [0.05, 0.1) is 0 Å². The number of alkyl halides is 2. The molecule has 0 fully saturated rings. The minimum Gasteiger partial charge on any atom is -0.541 e. The molecule has 1 heterocycles. The Labute approximate surface area is 265 Å². The molecule has 0 aliphatic heterocycles. The summed E-state index contributed by atoms with van der Waals surface area (Å²) in [5.41, 5.74) is 3.98. The van der Waals surface area contributed by atoms with Crippen LogP contribution >= 0.6 is 0 Å². The molecule has 0 atom stereocenters. The van der Waals surface area contributed by atoms with Gasteiger partial charge in [-0.3, -0.25) is 9.53 Å². The van der Waals surface area contributed by atoms with Gasteiger partial charge in [0.2, 0.25) is 0 Å². The van der Waals surface area contributed by atoms with Gasteiger partial charge >= 0.3 is 71.0 Å². The number of carboxylic acid groups (broad SMARTS) is 1. The molecule has 4 aromatic rings. The third-order valence-corrected chi connectivity index (χ3v) is 5.65. The zero-order valence-corrected chi connectivity index (χ0v) is 25.7. The van der Waals surface area contributed by atoms with Gasteiger partial charge in [0.25, 0.3) is 0 Å². The van der Waals surface area contributed by atoms with Crippen LogP contribution in [0.5, 0.6) is 11.5 Å². The Morgan fingerprint density at radius 1 is 1.00 bits per heavy atom. The van der Waals surface area contributed by atoms with Gasteiger partial charge in [-0.2, -0.15) is 8.78 Å². The number of rotatable bonds is 9. The van der Waals surface area contributed by atoms with Crippen molar-refractivity contribution >= 4 is 5.97 Å². The van der Waals surface area contributed by atoms with Crippen molar-refractivity contribution in [3.05, 3.63) is 104 Å². The van der Waals surface area contributed by atoms with Gasteiger partial charge in [0, 0.05) is 6.54 Å². The number of aliphatic carboxylic acids is 1. The van der Waals surface area contributed by atoms with Crippen LogP contribution in [0, 0.1) is 13.8 Å².